The van der Waals surface area contributed by atoms with Gasteiger partial charge >= 0.3 is 0 Å². The van der Waals surface area contributed by atoms with E-state index in [1.165, 1.54) is 7.11 Å². The maximum atomic E-state index is 9.28. The van der Waals surface area contributed by atoms with E-state index in [1.54, 1.807) is 0 Å². The van der Waals surface area contributed by atoms with Crippen molar-refractivity contribution in [2.24, 2.45) is 0 Å². The molecule has 0 saturated carbocycles. The second-order valence-electron chi connectivity index (χ2n) is 2.93. The second kappa shape index (κ2) is 4.32. The number of hydrogen-bond acceptors (Lipinski definition) is 6. The molecule has 1 rings (SSSR count). The van der Waals surface area contributed by atoms with Gasteiger partial charge in [0.1, 0.15) is 24.4 Å². The topological polar surface area (TPSA) is 99.4 Å². The van der Waals surface area contributed by atoms with Crippen LogP contribution in [0.25, 0.3) is 0 Å². The number of hydrogen-bond donors (Lipinski definition) is 4. The molecule has 4 N–H and O–H groups in total. The number of ether oxygens (including phenoxy) is 2. The first-order valence-electron chi connectivity index (χ1n) is 3.95. The van der Waals surface area contributed by atoms with Crippen molar-refractivity contribution in [1.29, 1.82) is 0 Å². The number of aliphatic hydroxyl groups is 4. The van der Waals surface area contributed by atoms with Crippen molar-refractivity contribution in [2.75, 3.05) is 13.7 Å². The third-order valence-corrected chi connectivity index (χ3v) is 2.08. The number of methoxy groups -OCH3 is 1. The van der Waals surface area contributed by atoms with Gasteiger partial charge in [-0.2, -0.15) is 0 Å². The van der Waals surface area contributed by atoms with E-state index in [0.29, 0.717) is 0 Å². The minimum Gasteiger partial charge on any atom is -0.394 e. The van der Waals surface area contributed by atoms with Crippen LogP contribution in [0.1, 0.15) is 0 Å². The van der Waals surface area contributed by atoms with Gasteiger partial charge in [0.25, 0.3) is 0 Å². The molecule has 13 heavy (non-hydrogen) atoms. The van der Waals surface area contributed by atoms with E-state index < -0.39 is 37.3 Å². The van der Waals surface area contributed by atoms with Gasteiger partial charge in [0.15, 0.2) is 6.29 Å². The highest BCUT2D eigenvalue weighted by Crippen LogP contribution is 2.20. The largest absolute Gasteiger partial charge is 0.394 e. The fourth-order valence-electron chi connectivity index (χ4n) is 1.26. The molecular formula is C7H14O6. The fraction of sp³-hybridized carbons (Fsp3) is 1.00. The Labute approximate surface area is 75.3 Å². The zero-order valence-electron chi connectivity index (χ0n) is 7.20. The lowest BCUT2D eigenvalue weighted by molar-refractivity contribution is -0.294. The highest BCUT2D eigenvalue weighted by molar-refractivity contribution is 4.88. The summed E-state index contributed by atoms with van der Waals surface area (Å²) >= 11 is 0. The highest BCUT2D eigenvalue weighted by Gasteiger charge is 2.43. The van der Waals surface area contributed by atoms with Crippen LogP contribution in [-0.2, 0) is 9.47 Å². The van der Waals surface area contributed by atoms with Gasteiger partial charge in [0.2, 0.25) is 0 Å². The van der Waals surface area contributed by atoms with Crippen LogP contribution in [0.4, 0.5) is 0 Å². The monoisotopic (exact) mass is 194 g/mol. The molecule has 1 saturated heterocycles. The quantitative estimate of drug-likeness (QED) is 0.386. The molecule has 1 aliphatic rings. The zero-order valence-corrected chi connectivity index (χ0v) is 7.20. The molecule has 0 radical (unpaired) electrons. The predicted octanol–water partition coefficient (Wildman–Crippen LogP) is -2.57. The summed E-state index contributed by atoms with van der Waals surface area (Å²) in [5.41, 5.74) is 0. The van der Waals surface area contributed by atoms with E-state index in [0.717, 1.165) is 0 Å². The third-order valence-electron chi connectivity index (χ3n) is 2.08. The Bertz CT molecular complexity index is 143. The minimum absolute atomic E-state index is 0.440. The Kier molecular flexibility index (Phi) is 3.60. The molecule has 6 heteroatoms. The smallest absolute Gasteiger partial charge is 0.186 e. The average Bonchev–Trinajstić information content (AvgIpc) is 2.15. The molecule has 6 nitrogen and oxygen atoms in total. The zero-order chi connectivity index (χ0) is 10.0. The molecule has 5 atom stereocenters. The van der Waals surface area contributed by atoms with Crippen molar-refractivity contribution < 1.29 is 29.9 Å². The van der Waals surface area contributed by atoms with Crippen molar-refractivity contribution >= 4 is 0 Å². The maximum absolute atomic E-state index is 9.28. The van der Waals surface area contributed by atoms with E-state index in [4.69, 9.17) is 14.6 Å². The van der Waals surface area contributed by atoms with Crippen LogP contribution in [0.2, 0.25) is 0 Å². The lowest BCUT2D eigenvalue weighted by atomic mass is 9.99. The molecule has 78 valence electrons. The van der Waals surface area contributed by atoms with Gasteiger partial charge in [-0.15, -0.1) is 0 Å². The lowest BCUT2D eigenvalue weighted by Gasteiger charge is -2.38. The van der Waals surface area contributed by atoms with Crippen molar-refractivity contribution in [3.8, 4) is 0 Å². The van der Waals surface area contributed by atoms with E-state index in [2.05, 4.69) is 0 Å². The Hall–Kier alpha value is -0.240. The maximum Gasteiger partial charge on any atom is 0.186 e. The molecular weight excluding hydrogens is 180 g/mol. The van der Waals surface area contributed by atoms with Crippen molar-refractivity contribution in [3.05, 3.63) is 0 Å². The molecule has 0 aromatic carbocycles. The van der Waals surface area contributed by atoms with E-state index in [-0.39, 0.29) is 0 Å². The third kappa shape index (κ3) is 1.98. The van der Waals surface area contributed by atoms with Crippen molar-refractivity contribution in [2.45, 2.75) is 30.7 Å². The molecule has 0 aromatic rings. The summed E-state index contributed by atoms with van der Waals surface area (Å²) < 4.78 is 9.65. The van der Waals surface area contributed by atoms with Crippen LogP contribution in [-0.4, -0.2) is 64.8 Å². The first-order valence-corrected chi connectivity index (χ1v) is 3.95. The summed E-state index contributed by atoms with van der Waals surface area (Å²) in [7, 11) is 1.30. The van der Waals surface area contributed by atoms with Gasteiger partial charge in [-0.3, -0.25) is 0 Å². The van der Waals surface area contributed by atoms with Crippen LogP contribution in [0.3, 0.4) is 0 Å². The standard InChI is InChI=1S/C7H14O6/c1-12-7-6(11)5(10)4(9)3(2-8)13-7/h3-11H,2H2,1H3/t3?,4-,5?,6?,7-/m1/s1. The van der Waals surface area contributed by atoms with Gasteiger partial charge < -0.3 is 29.9 Å². The number of aliphatic hydroxyl groups excluding tert-OH is 4. The Morgan fingerprint density at radius 3 is 2.23 bits per heavy atom. The average molecular weight is 194 g/mol. The van der Waals surface area contributed by atoms with Crippen LogP contribution in [0.5, 0.6) is 0 Å². The fourth-order valence-corrected chi connectivity index (χ4v) is 1.26. The SMILES string of the molecule is CO[C@@H]1OC(CO)[C@@H](O)C(O)C1O. The minimum atomic E-state index is -1.36. The molecule has 1 aliphatic heterocycles. The normalized spacial score (nSPS) is 46.4. The van der Waals surface area contributed by atoms with Gasteiger partial charge in [-0.05, 0) is 0 Å². The molecule has 0 aliphatic carbocycles. The van der Waals surface area contributed by atoms with Gasteiger partial charge in [0.05, 0.1) is 6.61 Å². The number of rotatable bonds is 2. The second-order valence-corrected chi connectivity index (χ2v) is 2.93. The van der Waals surface area contributed by atoms with Crippen LogP contribution < -0.4 is 0 Å². The first-order chi connectivity index (χ1) is 6.11. The summed E-state index contributed by atoms with van der Waals surface area (Å²) in [4.78, 5) is 0. The Morgan fingerprint density at radius 2 is 1.77 bits per heavy atom. The van der Waals surface area contributed by atoms with Crippen LogP contribution >= 0.6 is 0 Å². The van der Waals surface area contributed by atoms with Gasteiger partial charge in [0, 0.05) is 7.11 Å². The van der Waals surface area contributed by atoms with Gasteiger partial charge in [-0.25, -0.2) is 0 Å². The molecule has 0 amide bonds. The summed E-state index contributed by atoms with van der Waals surface area (Å²) in [6.07, 6.45) is -5.91. The summed E-state index contributed by atoms with van der Waals surface area (Å²) in [6.45, 7) is -0.440. The summed E-state index contributed by atoms with van der Waals surface area (Å²) in [5.74, 6) is 0. The summed E-state index contributed by atoms with van der Waals surface area (Å²) in [5, 5.41) is 36.6. The van der Waals surface area contributed by atoms with E-state index >= 15 is 0 Å². The van der Waals surface area contributed by atoms with E-state index in [9.17, 15) is 15.3 Å². The Balaban J connectivity index is 2.66. The van der Waals surface area contributed by atoms with Gasteiger partial charge in [-0.1, -0.05) is 0 Å². The highest BCUT2D eigenvalue weighted by atomic mass is 16.7. The molecule has 0 aromatic heterocycles. The molecule has 3 unspecified atom stereocenters. The van der Waals surface area contributed by atoms with E-state index in [1.807, 2.05) is 0 Å². The lowest BCUT2D eigenvalue weighted by Crippen LogP contribution is -2.58. The molecule has 0 spiro atoms. The van der Waals surface area contributed by atoms with Crippen molar-refractivity contribution in [1.82, 2.24) is 0 Å². The predicted molar refractivity (Wildman–Crippen MR) is 40.8 cm³/mol. The molecule has 0 bridgehead atoms. The van der Waals surface area contributed by atoms with Crippen LogP contribution in [0, 0.1) is 0 Å². The Morgan fingerprint density at radius 1 is 1.15 bits per heavy atom. The van der Waals surface area contributed by atoms with Crippen LogP contribution in [0.15, 0.2) is 0 Å². The van der Waals surface area contributed by atoms with Crippen molar-refractivity contribution in [3.63, 3.8) is 0 Å². The summed E-state index contributed by atoms with van der Waals surface area (Å²) in [6, 6.07) is 0. The first kappa shape index (κ1) is 10.8. The molecule has 1 fully saturated rings. The molecule has 1 heterocycles.